The monoisotopic (exact) mass is 314 g/mol. The van der Waals surface area contributed by atoms with Gasteiger partial charge in [0.25, 0.3) is 0 Å². The van der Waals surface area contributed by atoms with Crippen molar-refractivity contribution in [2.75, 3.05) is 6.54 Å². The van der Waals surface area contributed by atoms with Crippen LogP contribution in [0.4, 0.5) is 4.39 Å². The smallest absolute Gasteiger partial charge is 0.216 e. The van der Waals surface area contributed by atoms with Crippen LogP contribution in [0, 0.1) is 11.7 Å². The molecule has 0 aromatic heterocycles. The van der Waals surface area contributed by atoms with Gasteiger partial charge in [-0.15, -0.1) is 0 Å². The van der Waals surface area contributed by atoms with Gasteiger partial charge in [-0.3, -0.25) is 0 Å². The highest BCUT2D eigenvalue weighted by Gasteiger charge is 2.26. The van der Waals surface area contributed by atoms with E-state index in [0.29, 0.717) is 18.0 Å². The van der Waals surface area contributed by atoms with Gasteiger partial charge < -0.3 is 5.73 Å². The van der Waals surface area contributed by atoms with Crippen molar-refractivity contribution in [2.24, 2.45) is 11.7 Å². The van der Waals surface area contributed by atoms with Gasteiger partial charge in [0.05, 0.1) is 5.75 Å². The van der Waals surface area contributed by atoms with E-state index < -0.39 is 10.0 Å². The van der Waals surface area contributed by atoms with Crippen molar-refractivity contribution in [2.45, 2.75) is 43.9 Å². The quantitative estimate of drug-likeness (QED) is 0.845. The molecule has 4 nitrogen and oxygen atoms in total. The fourth-order valence-electron chi connectivity index (χ4n) is 2.95. The predicted octanol–water partition coefficient (Wildman–Crippen LogP) is 2.15. The molecule has 0 aliphatic heterocycles. The van der Waals surface area contributed by atoms with Crippen molar-refractivity contribution >= 4 is 10.0 Å². The Kier molecular flexibility index (Phi) is 5.72. The molecular formula is C15H23FN2O2S. The van der Waals surface area contributed by atoms with Crippen molar-refractivity contribution in [3.8, 4) is 0 Å². The minimum absolute atomic E-state index is 0.142. The average Bonchev–Trinajstić information content (AvgIpc) is 2.48. The molecular weight excluding hydrogens is 291 g/mol. The summed E-state index contributed by atoms with van der Waals surface area (Å²) in [6, 6.07) is 5.33. The molecule has 1 saturated carbocycles. The van der Waals surface area contributed by atoms with Crippen LogP contribution in [-0.2, 0) is 15.8 Å². The van der Waals surface area contributed by atoms with Gasteiger partial charge in [0.2, 0.25) is 10.0 Å². The minimum atomic E-state index is -3.46. The lowest BCUT2D eigenvalue weighted by Gasteiger charge is -2.29. The molecule has 0 heterocycles. The third-order valence-corrected chi connectivity index (χ3v) is 5.45. The number of hydrogen-bond acceptors (Lipinski definition) is 3. The van der Waals surface area contributed by atoms with Crippen molar-refractivity contribution < 1.29 is 12.8 Å². The van der Waals surface area contributed by atoms with E-state index >= 15 is 0 Å². The Balaban J connectivity index is 1.99. The second-order valence-corrected chi connectivity index (χ2v) is 7.50. The first kappa shape index (κ1) is 16.4. The summed E-state index contributed by atoms with van der Waals surface area (Å²) in [7, 11) is -3.46. The first-order chi connectivity index (χ1) is 10.00. The first-order valence-electron chi connectivity index (χ1n) is 7.45. The summed E-state index contributed by atoms with van der Waals surface area (Å²) in [6.45, 7) is 0.313. The Morgan fingerprint density at radius 3 is 2.38 bits per heavy atom. The molecule has 3 N–H and O–H groups in total. The zero-order chi connectivity index (χ0) is 15.3. The van der Waals surface area contributed by atoms with E-state index in [9.17, 15) is 12.8 Å². The van der Waals surface area contributed by atoms with Crippen LogP contribution in [0.5, 0.6) is 0 Å². The van der Waals surface area contributed by atoms with Crippen LogP contribution in [0.25, 0.3) is 0 Å². The molecule has 0 saturated heterocycles. The molecule has 2 rings (SSSR count). The lowest BCUT2D eigenvalue weighted by atomic mass is 9.84. The van der Waals surface area contributed by atoms with Crippen LogP contribution < -0.4 is 10.5 Å². The molecule has 118 valence electrons. The van der Waals surface area contributed by atoms with Crippen molar-refractivity contribution in [3.05, 3.63) is 35.6 Å². The first-order valence-corrected chi connectivity index (χ1v) is 9.10. The van der Waals surface area contributed by atoms with Gasteiger partial charge in [-0.1, -0.05) is 31.4 Å². The Morgan fingerprint density at radius 1 is 1.19 bits per heavy atom. The normalized spacial score (nSPS) is 18.6. The van der Waals surface area contributed by atoms with Gasteiger partial charge in [-0.05, 0) is 36.5 Å². The van der Waals surface area contributed by atoms with Crippen LogP contribution in [0.2, 0.25) is 0 Å². The summed E-state index contributed by atoms with van der Waals surface area (Å²) in [5.41, 5.74) is 6.32. The second kappa shape index (κ2) is 7.33. The fourth-order valence-corrected chi connectivity index (χ4v) is 4.41. The number of benzene rings is 1. The predicted molar refractivity (Wildman–Crippen MR) is 81.6 cm³/mol. The molecule has 0 bridgehead atoms. The highest BCUT2D eigenvalue weighted by molar-refractivity contribution is 7.88. The van der Waals surface area contributed by atoms with Gasteiger partial charge in [0.1, 0.15) is 5.82 Å². The Bertz CT molecular complexity index is 539. The third-order valence-electron chi connectivity index (χ3n) is 4.07. The summed E-state index contributed by atoms with van der Waals surface area (Å²) in [6.07, 6.45) is 5.56. The van der Waals surface area contributed by atoms with Crippen LogP contribution in [0.1, 0.15) is 37.7 Å². The number of halogens is 1. The van der Waals surface area contributed by atoms with Gasteiger partial charge in [0, 0.05) is 12.6 Å². The summed E-state index contributed by atoms with van der Waals surface area (Å²) in [4.78, 5) is 0. The highest BCUT2D eigenvalue weighted by atomic mass is 32.2. The highest BCUT2D eigenvalue weighted by Crippen LogP contribution is 2.26. The molecule has 1 aliphatic rings. The maximum atomic E-state index is 12.8. The van der Waals surface area contributed by atoms with E-state index in [4.69, 9.17) is 5.73 Å². The van der Waals surface area contributed by atoms with E-state index in [-0.39, 0.29) is 17.6 Å². The van der Waals surface area contributed by atoms with Crippen LogP contribution in [-0.4, -0.2) is 21.0 Å². The van der Waals surface area contributed by atoms with E-state index in [1.165, 1.54) is 30.7 Å². The molecule has 1 atom stereocenters. The maximum Gasteiger partial charge on any atom is 0.216 e. The van der Waals surface area contributed by atoms with E-state index in [1.54, 1.807) is 0 Å². The molecule has 1 fully saturated rings. The van der Waals surface area contributed by atoms with E-state index in [1.807, 2.05) is 0 Å². The van der Waals surface area contributed by atoms with E-state index in [0.717, 1.165) is 25.7 Å². The molecule has 1 aromatic carbocycles. The lowest BCUT2D eigenvalue weighted by Crippen LogP contribution is -2.46. The zero-order valence-corrected chi connectivity index (χ0v) is 12.9. The van der Waals surface area contributed by atoms with Crippen molar-refractivity contribution in [3.63, 3.8) is 0 Å². The maximum absolute atomic E-state index is 12.8. The summed E-state index contributed by atoms with van der Waals surface area (Å²) in [5.74, 6) is -0.186. The number of rotatable bonds is 6. The molecule has 21 heavy (non-hydrogen) atoms. The molecule has 0 amide bonds. The van der Waals surface area contributed by atoms with Gasteiger partial charge >= 0.3 is 0 Å². The van der Waals surface area contributed by atoms with Gasteiger partial charge in [-0.25, -0.2) is 17.5 Å². The van der Waals surface area contributed by atoms with Crippen LogP contribution >= 0.6 is 0 Å². The number of hydrogen-bond donors (Lipinski definition) is 2. The minimum Gasteiger partial charge on any atom is -0.329 e. The average molecular weight is 314 g/mol. The molecule has 1 aliphatic carbocycles. The SMILES string of the molecule is NCC(NS(=O)(=O)Cc1ccc(F)cc1)C1CCCCC1. The van der Waals surface area contributed by atoms with Crippen LogP contribution in [0.15, 0.2) is 24.3 Å². The number of sulfonamides is 1. The third kappa shape index (κ3) is 5.05. The largest absolute Gasteiger partial charge is 0.329 e. The lowest BCUT2D eigenvalue weighted by molar-refractivity contribution is 0.294. The number of nitrogens with two attached hydrogens (primary N) is 1. The van der Waals surface area contributed by atoms with Gasteiger partial charge in [0.15, 0.2) is 0 Å². The van der Waals surface area contributed by atoms with Gasteiger partial charge in [-0.2, -0.15) is 0 Å². The second-order valence-electron chi connectivity index (χ2n) is 5.74. The standard InChI is InChI=1S/C15H23FN2O2S/c16-14-8-6-12(7-9-14)11-21(19,20)18-15(10-17)13-4-2-1-3-5-13/h6-9,13,15,18H,1-5,10-11,17H2. The molecule has 0 radical (unpaired) electrons. The Morgan fingerprint density at radius 2 is 1.81 bits per heavy atom. The molecule has 0 spiro atoms. The zero-order valence-electron chi connectivity index (χ0n) is 12.1. The molecule has 6 heteroatoms. The molecule has 1 aromatic rings. The summed E-state index contributed by atoms with van der Waals surface area (Å²) < 4.78 is 40.0. The Labute approximate surface area is 126 Å². The van der Waals surface area contributed by atoms with E-state index in [2.05, 4.69) is 4.72 Å². The topological polar surface area (TPSA) is 72.2 Å². The van der Waals surface area contributed by atoms with Crippen LogP contribution in [0.3, 0.4) is 0 Å². The molecule has 1 unspecified atom stereocenters. The van der Waals surface area contributed by atoms with Crippen molar-refractivity contribution in [1.82, 2.24) is 4.72 Å². The van der Waals surface area contributed by atoms with Crippen molar-refractivity contribution in [1.29, 1.82) is 0 Å². The summed E-state index contributed by atoms with van der Waals surface area (Å²) in [5, 5.41) is 0. The fraction of sp³-hybridized carbons (Fsp3) is 0.600. The Hall–Kier alpha value is -0.980. The summed E-state index contributed by atoms with van der Waals surface area (Å²) >= 11 is 0. The number of nitrogens with one attached hydrogen (secondary N) is 1.